The lowest BCUT2D eigenvalue weighted by Crippen LogP contribution is -2.61. The molecule has 1 fully saturated rings. The number of amides is 1. The Morgan fingerprint density at radius 1 is 1.15 bits per heavy atom. The molecule has 2 aliphatic heterocycles. The van der Waals surface area contributed by atoms with E-state index in [1.165, 1.54) is 13.8 Å². The van der Waals surface area contributed by atoms with E-state index in [2.05, 4.69) is 5.32 Å². The van der Waals surface area contributed by atoms with Crippen LogP contribution >= 0.6 is 0 Å². The lowest BCUT2D eigenvalue weighted by molar-refractivity contribution is -0.181. The number of allylic oxidation sites excluding steroid dienone is 4. The van der Waals surface area contributed by atoms with Gasteiger partial charge in [0.2, 0.25) is 5.91 Å². The fourth-order valence-corrected chi connectivity index (χ4v) is 3.88. The second kappa shape index (κ2) is 11.0. The summed E-state index contributed by atoms with van der Waals surface area (Å²) in [5, 5.41) is 32.9. The van der Waals surface area contributed by atoms with Crippen LogP contribution in [0.5, 0.6) is 0 Å². The molecule has 0 spiro atoms. The molecule has 1 amide bonds. The second-order valence-corrected chi connectivity index (χ2v) is 9.14. The molecule has 0 aromatic carbocycles. The molecular weight excluding hydrogens is 426 g/mol. The Morgan fingerprint density at radius 2 is 1.76 bits per heavy atom. The van der Waals surface area contributed by atoms with Gasteiger partial charge in [-0.3, -0.25) is 14.4 Å². The third kappa shape index (κ3) is 6.50. The van der Waals surface area contributed by atoms with Crippen LogP contribution in [0.4, 0.5) is 0 Å². The Balaban J connectivity index is 2.56. The van der Waals surface area contributed by atoms with Crippen molar-refractivity contribution in [2.24, 2.45) is 11.3 Å². The summed E-state index contributed by atoms with van der Waals surface area (Å²) in [7, 11) is 0. The summed E-state index contributed by atoms with van der Waals surface area (Å²) in [5.74, 6) is -2.70. The van der Waals surface area contributed by atoms with E-state index in [0.717, 1.165) is 5.57 Å². The lowest BCUT2D eigenvalue weighted by Gasteiger charge is -2.42. The van der Waals surface area contributed by atoms with E-state index >= 15 is 0 Å². The zero-order chi connectivity index (χ0) is 24.9. The van der Waals surface area contributed by atoms with Crippen LogP contribution in [0.25, 0.3) is 0 Å². The number of aliphatic hydroxyl groups excluding tert-OH is 3. The number of aliphatic hydroxyl groups is 3. The molecule has 8 nitrogen and oxygen atoms in total. The van der Waals surface area contributed by atoms with Crippen LogP contribution in [0.15, 0.2) is 47.6 Å². The summed E-state index contributed by atoms with van der Waals surface area (Å²) in [6, 6.07) is -1.09. The molecule has 0 aromatic heterocycles. The van der Waals surface area contributed by atoms with Crippen molar-refractivity contribution in [1.82, 2.24) is 5.32 Å². The minimum absolute atomic E-state index is 0.0439. The minimum Gasteiger partial charge on any atom is -0.461 e. The van der Waals surface area contributed by atoms with Gasteiger partial charge in [0.1, 0.15) is 17.6 Å². The fourth-order valence-electron chi connectivity index (χ4n) is 3.88. The lowest BCUT2D eigenvalue weighted by atomic mass is 9.69. The van der Waals surface area contributed by atoms with E-state index in [9.17, 15) is 29.7 Å². The summed E-state index contributed by atoms with van der Waals surface area (Å²) in [6.45, 7) is 7.89. The van der Waals surface area contributed by atoms with Gasteiger partial charge in [-0.1, -0.05) is 54.5 Å². The monoisotopic (exact) mass is 461 g/mol. The Labute approximate surface area is 194 Å². The quantitative estimate of drug-likeness (QED) is 0.362. The standard InChI is InChI=1S/C25H35NO7/c1-14-6-9-18(28)10-8-15(2)12-21(26-23(31)17(4)27)25(5)22(30)16(3)20(33-24(25)32)13-19(29)11-7-14/h6-8,10-12,16-21,27-29H,9,13H2,1-5H3,(H,26,31)/b10-8?,11-7-,14-6+,15-12?/t16-,17+,18+,19-,20+,21-,25+/m1/s1. The van der Waals surface area contributed by atoms with Gasteiger partial charge in [-0.25, -0.2) is 0 Å². The number of hydrogen-bond acceptors (Lipinski definition) is 7. The Bertz CT molecular complexity index is 885. The molecule has 2 bridgehead atoms. The fraction of sp³-hybridized carbons (Fsp3) is 0.560. The van der Waals surface area contributed by atoms with E-state index in [1.807, 2.05) is 13.0 Å². The second-order valence-electron chi connectivity index (χ2n) is 9.14. The van der Waals surface area contributed by atoms with Crippen LogP contribution in [0.3, 0.4) is 0 Å². The number of ketones is 1. The molecule has 8 heteroatoms. The smallest absolute Gasteiger partial charge is 0.322 e. The van der Waals surface area contributed by atoms with Crippen molar-refractivity contribution in [2.45, 2.75) is 77.9 Å². The van der Waals surface area contributed by atoms with Crippen LogP contribution in [0, 0.1) is 11.3 Å². The maximum atomic E-state index is 13.5. The molecule has 0 saturated carbocycles. The summed E-state index contributed by atoms with van der Waals surface area (Å²) >= 11 is 0. The number of esters is 1. The normalized spacial score (nSPS) is 37.3. The van der Waals surface area contributed by atoms with E-state index in [4.69, 9.17) is 4.74 Å². The highest BCUT2D eigenvalue weighted by atomic mass is 16.5. The van der Waals surface area contributed by atoms with Crippen LogP contribution in [0.2, 0.25) is 0 Å². The Hall–Kier alpha value is -2.55. The molecule has 4 N–H and O–H groups in total. The van der Waals surface area contributed by atoms with E-state index in [0.29, 0.717) is 12.0 Å². The highest BCUT2D eigenvalue weighted by molar-refractivity contribution is 6.08. The van der Waals surface area contributed by atoms with Crippen molar-refractivity contribution in [1.29, 1.82) is 0 Å². The number of carbonyl (C=O) groups excluding carboxylic acids is 3. The zero-order valence-electron chi connectivity index (χ0n) is 19.8. The molecule has 1 saturated heterocycles. The molecule has 7 atom stereocenters. The van der Waals surface area contributed by atoms with E-state index < -0.39 is 59.5 Å². The van der Waals surface area contributed by atoms with Crippen LogP contribution in [0.1, 0.15) is 47.5 Å². The van der Waals surface area contributed by atoms with Gasteiger partial charge in [0.05, 0.1) is 24.2 Å². The maximum absolute atomic E-state index is 13.5. The van der Waals surface area contributed by atoms with Crippen molar-refractivity contribution in [3.63, 3.8) is 0 Å². The van der Waals surface area contributed by atoms with Gasteiger partial charge in [-0.15, -0.1) is 0 Å². The topological polar surface area (TPSA) is 133 Å². The molecule has 0 radical (unpaired) electrons. The highest BCUT2D eigenvalue weighted by Gasteiger charge is 2.56. The molecule has 2 heterocycles. The SMILES string of the molecule is CC1=C[C@@H](NC(=O)[C@H](C)O)[C@]2(C)C(=O)O[C@@H](C[C@H](O)/C=C\C(C)=C\C[C@H](O)C=C1)[C@@H](C)C2=O. The average Bonchev–Trinajstić information content (AvgIpc) is 2.75. The summed E-state index contributed by atoms with van der Waals surface area (Å²) in [5.41, 5.74) is -0.292. The number of hydrogen-bond donors (Lipinski definition) is 4. The predicted molar refractivity (Wildman–Crippen MR) is 123 cm³/mol. The first kappa shape index (κ1) is 26.7. The highest BCUT2D eigenvalue weighted by Crippen LogP contribution is 2.38. The summed E-state index contributed by atoms with van der Waals surface area (Å²) in [4.78, 5) is 38.9. The first-order chi connectivity index (χ1) is 15.4. The van der Waals surface area contributed by atoms with E-state index in [1.54, 1.807) is 44.2 Å². The number of nitrogens with one attached hydrogen (secondary N) is 1. The Morgan fingerprint density at radius 3 is 2.39 bits per heavy atom. The third-order valence-corrected chi connectivity index (χ3v) is 6.21. The van der Waals surface area contributed by atoms with Gasteiger partial charge in [0, 0.05) is 6.42 Å². The van der Waals surface area contributed by atoms with Crippen molar-refractivity contribution in [3.8, 4) is 0 Å². The number of ether oxygens (including phenoxy) is 1. The first-order valence-corrected chi connectivity index (χ1v) is 11.2. The van der Waals surface area contributed by atoms with Crippen molar-refractivity contribution in [2.75, 3.05) is 0 Å². The van der Waals surface area contributed by atoms with Gasteiger partial charge in [-0.2, -0.15) is 0 Å². The number of Topliss-reactive ketones (excluding diaryl/α,β-unsaturated/α-hetero) is 1. The number of rotatable bonds is 2. The third-order valence-electron chi connectivity index (χ3n) is 6.21. The van der Waals surface area contributed by atoms with Gasteiger partial charge in [-0.05, 0) is 34.1 Å². The van der Waals surface area contributed by atoms with Gasteiger partial charge in [0.25, 0.3) is 0 Å². The van der Waals surface area contributed by atoms with Crippen LogP contribution in [-0.4, -0.2) is 63.4 Å². The molecular formula is C25H35NO7. The van der Waals surface area contributed by atoms with Gasteiger partial charge >= 0.3 is 5.97 Å². The maximum Gasteiger partial charge on any atom is 0.322 e. The predicted octanol–water partition coefficient (Wildman–Crippen LogP) is 1.51. The number of fused-ring (bicyclic) bond motifs is 10. The van der Waals surface area contributed by atoms with Crippen molar-refractivity contribution >= 4 is 17.7 Å². The molecule has 0 unspecified atom stereocenters. The van der Waals surface area contributed by atoms with Crippen molar-refractivity contribution < 1.29 is 34.4 Å². The van der Waals surface area contributed by atoms with Gasteiger partial charge < -0.3 is 25.4 Å². The summed E-state index contributed by atoms with van der Waals surface area (Å²) in [6.07, 6.45) is 6.38. The van der Waals surface area contributed by atoms with Gasteiger partial charge in [0.15, 0.2) is 5.78 Å². The molecule has 182 valence electrons. The van der Waals surface area contributed by atoms with Crippen LogP contribution < -0.4 is 5.32 Å². The molecule has 1 aliphatic carbocycles. The van der Waals surface area contributed by atoms with Crippen LogP contribution in [-0.2, 0) is 19.1 Å². The Kier molecular flexibility index (Phi) is 8.94. The minimum atomic E-state index is -1.74. The summed E-state index contributed by atoms with van der Waals surface area (Å²) < 4.78 is 5.61. The number of carbonyl (C=O) groups is 3. The molecule has 3 aliphatic rings. The molecule has 3 rings (SSSR count). The average molecular weight is 462 g/mol. The zero-order valence-corrected chi connectivity index (χ0v) is 19.8. The van der Waals surface area contributed by atoms with Crippen molar-refractivity contribution in [3.05, 3.63) is 47.6 Å². The largest absolute Gasteiger partial charge is 0.461 e. The van der Waals surface area contributed by atoms with E-state index in [-0.39, 0.29) is 6.42 Å². The molecule has 33 heavy (non-hydrogen) atoms. The first-order valence-electron chi connectivity index (χ1n) is 11.2. The molecule has 0 aromatic rings.